The summed E-state index contributed by atoms with van der Waals surface area (Å²) in [6.07, 6.45) is -3.54. The lowest BCUT2D eigenvalue weighted by molar-refractivity contribution is -0.139. The van der Waals surface area contributed by atoms with Gasteiger partial charge in [0, 0.05) is 12.6 Å². The number of hydrogen-bond acceptors (Lipinski definition) is 4. The van der Waals surface area contributed by atoms with Gasteiger partial charge in [-0.2, -0.15) is 13.2 Å². The van der Waals surface area contributed by atoms with E-state index in [4.69, 9.17) is 5.41 Å². The predicted molar refractivity (Wildman–Crippen MR) is 83.8 cm³/mol. The SMILES string of the molecule is C[C@@H](CC(=N)c1ccccn1)S(=O)(=O)c1ccccc1C(F)(F)F. The molecule has 1 aromatic heterocycles. The zero-order valence-corrected chi connectivity index (χ0v) is 13.5. The first-order valence-electron chi connectivity index (χ1n) is 7.03. The monoisotopic (exact) mass is 356 g/mol. The maximum absolute atomic E-state index is 13.1. The molecular weight excluding hydrogens is 341 g/mol. The molecular formula is C16H15F3N2O2S. The molecule has 128 valence electrons. The Labute approximate surface area is 137 Å². The van der Waals surface area contributed by atoms with E-state index in [2.05, 4.69) is 4.98 Å². The molecule has 0 aliphatic rings. The number of rotatable bonds is 5. The van der Waals surface area contributed by atoms with Gasteiger partial charge in [-0.15, -0.1) is 0 Å². The summed E-state index contributed by atoms with van der Waals surface area (Å²) >= 11 is 0. The number of halogens is 3. The molecule has 0 spiro atoms. The summed E-state index contributed by atoms with van der Waals surface area (Å²) in [6.45, 7) is 1.29. The van der Waals surface area contributed by atoms with Gasteiger partial charge in [0.25, 0.3) is 0 Å². The van der Waals surface area contributed by atoms with Crippen molar-refractivity contribution >= 4 is 15.5 Å². The molecule has 0 unspecified atom stereocenters. The van der Waals surface area contributed by atoms with Crippen molar-refractivity contribution in [2.24, 2.45) is 0 Å². The summed E-state index contributed by atoms with van der Waals surface area (Å²) < 4.78 is 64.3. The second-order valence-electron chi connectivity index (χ2n) is 5.25. The molecule has 1 atom stereocenters. The van der Waals surface area contributed by atoms with Crippen molar-refractivity contribution in [2.75, 3.05) is 0 Å². The summed E-state index contributed by atoms with van der Waals surface area (Å²) in [6, 6.07) is 8.92. The maximum atomic E-state index is 13.1. The van der Waals surface area contributed by atoms with Crippen LogP contribution in [0, 0.1) is 5.41 Å². The van der Waals surface area contributed by atoms with Crippen molar-refractivity contribution in [1.29, 1.82) is 5.41 Å². The number of nitrogens with zero attached hydrogens (tertiary/aromatic N) is 1. The Kier molecular flexibility index (Phi) is 5.08. The zero-order valence-electron chi connectivity index (χ0n) is 12.7. The molecule has 2 aromatic rings. The second-order valence-corrected chi connectivity index (χ2v) is 7.58. The van der Waals surface area contributed by atoms with Crippen LogP contribution in [0.3, 0.4) is 0 Å². The standard InChI is InChI=1S/C16H15F3N2O2S/c1-11(10-13(20)14-7-4-5-9-21-14)24(22,23)15-8-3-2-6-12(15)16(17,18)19/h2-9,11,20H,10H2,1H3/t11-/m0/s1. The van der Waals surface area contributed by atoms with Gasteiger partial charge in [-0.3, -0.25) is 4.98 Å². The highest BCUT2D eigenvalue weighted by Gasteiger charge is 2.38. The first kappa shape index (κ1) is 18.1. The highest BCUT2D eigenvalue weighted by atomic mass is 32.2. The summed E-state index contributed by atoms with van der Waals surface area (Å²) in [5, 5.41) is 6.75. The van der Waals surface area contributed by atoms with Gasteiger partial charge < -0.3 is 5.41 Å². The van der Waals surface area contributed by atoms with Crippen molar-refractivity contribution in [3.05, 3.63) is 59.9 Å². The van der Waals surface area contributed by atoms with Crippen LogP contribution < -0.4 is 0 Å². The Bertz CT molecular complexity index is 834. The Morgan fingerprint density at radius 1 is 1.17 bits per heavy atom. The molecule has 0 saturated carbocycles. The Hall–Kier alpha value is -2.22. The summed E-state index contributed by atoms with van der Waals surface area (Å²) in [7, 11) is -4.24. The highest BCUT2D eigenvalue weighted by molar-refractivity contribution is 7.92. The first-order chi connectivity index (χ1) is 11.1. The van der Waals surface area contributed by atoms with Crippen LogP contribution in [-0.4, -0.2) is 24.4 Å². The van der Waals surface area contributed by atoms with Gasteiger partial charge in [0.2, 0.25) is 0 Å². The number of nitrogens with one attached hydrogen (secondary N) is 1. The molecule has 0 aliphatic heterocycles. The first-order valence-corrected chi connectivity index (χ1v) is 8.57. The quantitative estimate of drug-likeness (QED) is 0.830. The van der Waals surface area contributed by atoms with Crippen LogP contribution in [-0.2, 0) is 16.0 Å². The molecule has 0 amide bonds. The van der Waals surface area contributed by atoms with Crippen LogP contribution in [0.1, 0.15) is 24.6 Å². The van der Waals surface area contributed by atoms with Gasteiger partial charge in [-0.1, -0.05) is 18.2 Å². The van der Waals surface area contributed by atoms with Crippen LogP contribution in [0.4, 0.5) is 13.2 Å². The van der Waals surface area contributed by atoms with E-state index in [0.717, 1.165) is 18.2 Å². The highest BCUT2D eigenvalue weighted by Crippen LogP contribution is 2.35. The van der Waals surface area contributed by atoms with E-state index in [1.807, 2.05) is 0 Å². The van der Waals surface area contributed by atoms with E-state index < -0.39 is 31.7 Å². The zero-order chi connectivity index (χ0) is 18.0. The van der Waals surface area contributed by atoms with Crippen molar-refractivity contribution < 1.29 is 21.6 Å². The van der Waals surface area contributed by atoms with Gasteiger partial charge in [0.1, 0.15) is 0 Å². The van der Waals surface area contributed by atoms with Crippen LogP contribution in [0.5, 0.6) is 0 Å². The smallest absolute Gasteiger partial charge is 0.303 e. The van der Waals surface area contributed by atoms with E-state index in [1.165, 1.54) is 19.2 Å². The van der Waals surface area contributed by atoms with Crippen molar-refractivity contribution in [2.45, 2.75) is 29.7 Å². The lowest BCUT2D eigenvalue weighted by Crippen LogP contribution is -2.24. The van der Waals surface area contributed by atoms with Gasteiger partial charge >= 0.3 is 6.18 Å². The minimum Gasteiger partial charge on any atom is -0.303 e. The molecule has 2 rings (SSSR count). The molecule has 0 saturated heterocycles. The molecule has 0 bridgehead atoms. The number of benzene rings is 1. The molecule has 0 fully saturated rings. The molecule has 8 heteroatoms. The minimum absolute atomic E-state index is 0.0452. The fourth-order valence-electron chi connectivity index (χ4n) is 2.21. The Balaban J connectivity index is 2.33. The number of hydrogen-bond donors (Lipinski definition) is 1. The topological polar surface area (TPSA) is 70.9 Å². The molecule has 1 aromatic carbocycles. The largest absolute Gasteiger partial charge is 0.417 e. The Morgan fingerprint density at radius 3 is 2.38 bits per heavy atom. The number of alkyl halides is 3. The third-order valence-electron chi connectivity index (χ3n) is 3.49. The van der Waals surface area contributed by atoms with Gasteiger partial charge in [-0.25, -0.2) is 8.42 Å². The van der Waals surface area contributed by atoms with E-state index >= 15 is 0 Å². The number of pyridine rings is 1. The fraction of sp³-hybridized carbons (Fsp3) is 0.250. The predicted octanol–water partition coefficient (Wildman–Crippen LogP) is 3.72. The molecule has 0 radical (unpaired) electrons. The average Bonchev–Trinajstić information content (AvgIpc) is 2.54. The average molecular weight is 356 g/mol. The van der Waals surface area contributed by atoms with Gasteiger partial charge in [0.05, 0.1) is 27.1 Å². The van der Waals surface area contributed by atoms with E-state index in [1.54, 1.807) is 18.2 Å². The summed E-state index contributed by atoms with van der Waals surface area (Å²) in [4.78, 5) is 3.18. The van der Waals surface area contributed by atoms with Gasteiger partial charge in [-0.05, 0) is 31.2 Å². The van der Waals surface area contributed by atoms with Crippen molar-refractivity contribution in [1.82, 2.24) is 4.98 Å². The van der Waals surface area contributed by atoms with E-state index in [0.29, 0.717) is 5.69 Å². The van der Waals surface area contributed by atoms with Crippen molar-refractivity contribution in [3.63, 3.8) is 0 Å². The van der Waals surface area contributed by atoms with E-state index in [-0.39, 0.29) is 12.1 Å². The third-order valence-corrected chi connectivity index (χ3v) is 5.69. The van der Waals surface area contributed by atoms with Crippen LogP contribution in [0.2, 0.25) is 0 Å². The number of sulfone groups is 1. The maximum Gasteiger partial charge on any atom is 0.417 e. The summed E-state index contributed by atoms with van der Waals surface area (Å²) in [5.74, 6) is 0. The molecule has 1 heterocycles. The van der Waals surface area contributed by atoms with Gasteiger partial charge in [0.15, 0.2) is 9.84 Å². The van der Waals surface area contributed by atoms with Crippen LogP contribution in [0.15, 0.2) is 53.6 Å². The van der Waals surface area contributed by atoms with Crippen LogP contribution >= 0.6 is 0 Å². The number of aromatic nitrogens is 1. The molecule has 24 heavy (non-hydrogen) atoms. The van der Waals surface area contributed by atoms with Crippen LogP contribution in [0.25, 0.3) is 0 Å². The lowest BCUT2D eigenvalue weighted by Gasteiger charge is -2.17. The molecule has 1 N–H and O–H groups in total. The third kappa shape index (κ3) is 3.81. The molecule has 4 nitrogen and oxygen atoms in total. The normalized spacial score (nSPS) is 13.5. The Morgan fingerprint density at radius 2 is 1.79 bits per heavy atom. The lowest BCUT2D eigenvalue weighted by atomic mass is 10.1. The van der Waals surface area contributed by atoms with Crippen molar-refractivity contribution in [3.8, 4) is 0 Å². The second kappa shape index (κ2) is 6.72. The fourth-order valence-corrected chi connectivity index (χ4v) is 3.79. The minimum atomic E-state index is -4.77. The summed E-state index contributed by atoms with van der Waals surface area (Å²) in [5.41, 5.74) is -0.943. The molecule has 0 aliphatic carbocycles. The van der Waals surface area contributed by atoms with E-state index in [9.17, 15) is 21.6 Å².